The van der Waals surface area contributed by atoms with Crippen LogP contribution in [0.2, 0.25) is 5.02 Å². The summed E-state index contributed by atoms with van der Waals surface area (Å²) < 4.78 is 0. The molecule has 3 rings (SSSR count). The first-order valence-electron chi connectivity index (χ1n) is 9.37. The van der Waals surface area contributed by atoms with Crippen molar-refractivity contribution in [2.45, 2.75) is 17.1 Å². The molecule has 8 heteroatoms. The SMILES string of the molecule is CC(Sc1ccc(NC(=O)c2cccc(Cl)c2)cc1)C(=O)Nc1ccccc1C(N)=O. The summed E-state index contributed by atoms with van der Waals surface area (Å²) in [6, 6.07) is 20.4. The number of nitrogens with two attached hydrogens (primary N) is 1. The van der Waals surface area contributed by atoms with Crippen LogP contribution in [0.4, 0.5) is 11.4 Å². The second-order valence-electron chi connectivity index (χ2n) is 6.65. The van der Waals surface area contributed by atoms with Gasteiger partial charge in [-0.2, -0.15) is 0 Å². The number of amides is 3. The molecular weight excluding hydrogens is 434 g/mol. The topological polar surface area (TPSA) is 101 Å². The molecule has 0 bridgehead atoms. The molecule has 4 N–H and O–H groups in total. The molecule has 6 nitrogen and oxygen atoms in total. The van der Waals surface area contributed by atoms with Crippen LogP contribution < -0.4 is 16.4 Å². The highest BCUT2D eigenvalue weighted by molar-refractivity contribution is 8.00. The number of halogens is 1. The lowest BCUT2D eigenvalue weighted by atomic mass is 10.1. The third-order valence-corrected chi connectivity index (χ3v) is 5.68. The molecule has 0 aliphatic rings. The number of anilines is 2. The van der Waals surface area contributed by atoms with Crippen LogP contribution >= 0.6 is 23.4 Å². The van der Waals surface area contributed by atoms with E-state index in [4.69, 9.17) is 17.3 Å². The maximum Gasteiger partial charge on any atom is 0.255 e. The van der Waals surface area contributed by atoms with Crippen LogP contribution in [-0.2, 0) is 4.79 Å². The van der Waals surface area contributed by atoms with Gasteiger partial charge in [0.2, 0.25) is 5.91 Å². The Bertz CT molecular complexity index is 1120. The van der Waals surface area contributed by atoms with Gasteiger partial charge in [-0.05, 0) is 61.5 Å². The fraction of sp³-hybridized carbons (Fsp3) is 0.0870. The Balaban J connectivity index is 1.59. The molecule has 3 aromatic carbocycles. The summed E-state index contributed by atoms with van der Waals surface area (Å²) in [5.41, 5.74) is 7.08. The lowest BCUT2D eigenvalue weighted by molar-refractivity contribution is -0.115. The Morgan fingerprint density at radius 1 is 0.935 bits per heavy atom. The van der Waals surface area contributed by atoms with E-state index in [9.17, 15) is 14.4 Å². The van der Waals surface area contributed by atoms with Crippen molar-refractivity contribution in [2.24, 2.45) is 5.73 Å². The number of carbonyl (C=O) groups excluding carboxylic acids is 3. The van der Waals surface area contributed by atoms with Crippen LogP contribution in [0.15, 0.2) is 77.7 Å². The molecule has 0 spiro atoms. The van der Waals surface area contributed by atoms with Crippen molar-refractivity contribution in [3.05, 3.63) is 88.9 Å². The third-order valence-electron chi connectivity index (χ3n) is 4.33. The van der Waals surface area contributed by atoms with Crippen molar-refractivity contribution in [2.75, 3.05) is 10.6 Å². The summed E-state index contributed by atoms with van der Waals surface area (Å²) in [6.45, 7) is 1.77. The standard InChI is InChI=1S/C23H20ClN3O3S/c1-14(22(29)27-20-8-3-2-7-19(20)21(25)28)31-18-11-9-17(10-12-18)26-23(30)15-5-4-6-16(24)13-15/h2-14H,1H3,(H2,25,28)(H,26,30)(H,27,29). The van der Waals surface area contributed by atoms with Gasteiger partial charge < -0.3 is 16.4 Å². The summed E-state index contributed by atoms with van der Waals surface area (Å²) in [7, 11) is 0. The summed E-state index contributed by atoms with van der Waals surface area (Å²) >= 11 is 7.28. The van der Waals surface area contributed by atoms with Gasteiger partial charge in [0.1, 0.15) is 0 Å². The molecule has 0 saturated carbocycles. The Kier molecular flexibility index (Phi) is 7.33. The number of benzene rings is 3. The van der Waals surface area contributed by atoms with Gasteiger partial charge in [0.15, 0.2) is 0 Å². The Morgan fingerprint density at radius 3 is 2.32 bits per heavy atom. The number of rotatable bonds is 7. The average molecular weight is 454 g/mol. The number of para-hydroxylation sites is 1. The lowest BCUT2D eigenvalue weighted by Crippen LogP contribution is -2.24. The van der Waals surface area contributed by atoms with E-state index in [-0.39, 0.29) is 17.4 Å². The van der Waals surface area contributed by atoms with Crippen LogP contribution in [0, 0.1) is 0 Å². The lowest BCUT2D eigenvalue weighted by Gasteiger charge is -2.14. The number of primary amides is 1. The summed E-state index contributed by atoms with van der Waals surface area (Å²) in [4.78, 5) is 37.2. The van der Waals surface area contributed by atoms with Gasteiger partial charge in [0.25, 0.3) is 11.8 Å². The first kappa shape index (κ1) is 22.4. The van der Waals surface area contributed by atoms with E-state index in [1.807, 2.05) is 12.1 Å². The van der Waals surface area contributed by atoms with Crippen molar-refractivity contribution in [1.82, 2.24) is 0 Å². The highest BCUT2D eigenvalue weighted by Crippen LogP contribution is 2.26. The van der Waals surface area contributed by atoms with Crippen molar-refractivity contribution in [1.29, 1.82) is 0 Å². The van der Waals surface area contributed by atoms with E-state index in [0.29, 0.717) is 22.0 Å². The van der Waals surface area contributed by atoms with Crippen LogP contribution in [-0.4, -0.2) is 23.0 Å². The fourth-order valence-corrected chi connectivity index (χ4v) is 3.81. The molecule has 1 unspecified atom stereocenters. The predicted molar refractivity (Wildman–Crippen MR) is 125 cm³/mol. The molecule has 158 valence electrons. The van der Waals surface area contributed by atoms with Gasteiger partial charge in [-0.3, -0.25) is 14.4 Å². The number of nitrogens with one attached hydrogen (secondary N) is 2. The van der Waals surface area contributed by atoms with Crippen molar-refractivity contribution < 1.29 is 14.4 Å². The van der Waals surface area contributed by atoms with E-state index in [2.05, 4.69) is 10.6 Å². The molecule has 0 aromatic heterocycles. The molecular formula is C23H20ClN3O3S. The minimum atomic E-state index is -0.605. The molecule has 3 amide bonds. The minimum Gasteiger partial charge on any atom is -0.366 e. The molecule has 0 heterocycles. The fourth-order valence-electron chi connectivity index (χ4n) is 2.75. The smallest absolute Gasteiger partial charge is 0.255 e. The molecule has 1 atom stereocenters. The average Bonchev–Trinajstić information content (AvgIpc) is 2.75. The first-order valence-corrected chi connectivity index (χ1v) is 10.6. The van der Waals surface area contributed by atoms with E-state index in [1.165, 1.54) is 11.8 Å². The normalized spacial score (nSPS) is 11.4. The van der Waals surface area contributed by atoms with Crippen molar-refractivity contribution in [3.8, 4) is 0 Å². The second kappa shape index (κ2) is 10.1. The minimum absolute atomic E-state index is 0.253. The quantitative estimate of drug-likeness (QED) is 0.447. The third kappa shape index (κ3) is 6.10. The molecule has 0 aliphatic carbocycles. The zero-order chi connectivity index (χ0) is 22.4. The molecule has 0 saturated heterocycles. The van der Waals surface area contributed by atoms with Crippen LogP contribution in [0.25, 0.3) is 0 Å². The van der Waals surface area contributed by atoms with Gasteiger partial charge >= 0.3 is 0 Å². The van der Waals surface area contributed by atoms with Crippen molar-refractivity contribution in [3.63, 3.8) is 0 Å². The summed E-state index contributed by atoms with van der Waals surface area (Å²) in [6.07, 6.45) is 0. The number of hydrogen-bond acceptors (Lipinski definition) is 4. The second-order valence-corrected chi connectivity index (χ2v) is 8.50. The molecule has 31 heavy (non-hydrogen) atoms. The van der Waals surface area contributed by atoms with Gasteiger partial charge in [0.05, 0.1) is 16.5 Å². The highest BCUT2D eigenvalue weighted by Gasteiger charge is 2.17. The molecule has 0 aliphatic heterocycles. The molecule has 3 aromatic rings. The molecule has 0 fully saturated rings. The Labute approximate surface area is 189 Å². The predicted octanol–water partition coefficient (Wildman–Crippen LogP) is 4.81. The van der Waals surface area contributed by atoms with Crippen LogP contribution in [0.3, 0.4) is 0 Å². The van der Waals surface area contributed by atoms with Gasteiger partial charge in [0, 0.05) is 21.2 Å². The van der Waals surface area contributed by atoms with Gasteiger partial charge in [-0.25, -0.2) is 0 Å². The Morgan fingerprint density at radius 2 is 1.65 bits per heavy atom. The largest absolute Gasteiger partial charge is 0.366 e. The highest BCUT2D eigenvalue weighted by atomic mass is 35.5. The number of thioether (sulfide) groups is 1. The summed E-state index contributed by atoms with van der Waals surface area (Å²) in [5, 5.41) is 5.62. The van der Waals surface area contributed by atoms with E-state index in [1.54, 1.807) is 67.6 Å². The van der Waals surface area contributed by atoms with Crippen LogP contribution in [0.5, 0.6) is 0 Å². The van der Waals surface area contributed by atoms with E-state index >= 15 is 0 Å². The number of carbonyl (C=O) groups is 3. The maximum atomic E-state index is 12.5. The van der Waals surface area contributed by atoms with Crippen molar-refractivity contribution >= 4 is 52.5 Å². The summed E-state index contributed by atoms with van der Waals surface area (Å²) in [5.74, 6) is -1.12. The monoisotopic (exact) mass is 453 g/mol. The first-order chi connectivity index (χ1) is 14.8. The zero-order valence-electron chi connectivity index (χ0n) is 16.6. The van der Waals surface area contributed by atoms with E-state index in [0.717, 1.165) is 4.90 Å². The van der Waals surface area contributed by atoms with Gasteiger partial charge in [-0.1, -0.05) is 29.8 Å². The van der Waals surface area contributed by atoms with Gasteiger partial charge in [-0.15, -0.1) is 11.8 Å². The zero-order valence-corrected chi connectivity index (χ0v) is 18.2. The van der Waals surface area contributed by atoms with Crippen LogP contribution in [0.1, 0.15) is 27.6 Å². The molecule has 0 radical (unpaired) electrons. The number of hydrogen-bond donors (Lipinski definition) is 3. The van der Waals surface area contributed by atoms with E-state index < -0.39 is 11.2 Å². The maximum absolute atomic E-state index is 12.5. The Hall–Kier alpha value is -3.29.